The van der Waals surface area contributed by atoms with Gasteiger partial charge in [-0.1, -0.05) is 17.7 Å². The van der Waals surface area contributed by atoms with E-state index in [1.54, 1.807) is 6.20 Å². The minimum atomic E-state index is -0.199. The molecule has 7 heteroatoms. The van der Waals surface area contributed by atoms with E-state index in [2.05, 4.69) is 20.9 Å². The first-order valence-electron chi connectivity index (χ1n) is 6.59. The molecule has 0 unspecified atom stereocenters. The van der Waals surface area contributed by atoms with Crippen molar-refractivity contribution in [1.82, 2.24) is 15.6 Å². The summed E-state index contributed by atoms with van der Waals surface area (Å²) in [6.45, 7) is 3.05. The maximum atomic E-state index is 11.8. The molecule has 2 heterocycles. The number of hydrogen-bond donors (Lipinski definition) is 3. The summed E-state index contributed by atoms with van der Waals surface area (Å²) in [6.07, 6.45) is 1.72. The first-order chi connectivity index (χ1) is 10.1. The lowest BCUT2D eigenvalue weighted by Gasteiger charge is -2.13. The number of carbonyl (C=O) groups excluding carboxylic acids is 1. The largest absolute Gasteiger partial charge is 0.368 e. The number of nitrogens with one attached hydrogen (secondary N) is 3. The van der Waals surface area contributed by atoms with E-state index in [4.69, 9.17) is 11.6 Å². The Hall–Kier alpha value is -1.79. The Morgan fingerprint density at radius 3 is 2.86 bits per heavy atom. The van der Waals surface area contributed by atoms with Crippen LogP contribution < -0.4 is 16.0 Å². The molecule has 0 saturated heterocycles. The lowest BCUT2D eigenvalue weighted by Crippen LogP contribution is -2.39. The van der Waals surface area contributed by atoms with Crippen molar-refractivity contribution in [2.24, 2.45) is 0 Å². The number of amides is 2. The third-order valence-corrected chi connectivity index (χ3v) is 4.16. The van der Waals surface area contributed by atoms with Gasteiger partial charge in [0.1, 0.15) is 5.82 Å². The summed E-state index contributed by atoms with van der Waals surface area (Å²) in [5.74, 6) is 0.793. The molecule has 0 aliphatic carbocycles. The lowest BCUT2D eigenvalue weighted by atomic mass is 10.3. The number of pyridine rings is 1. The van der Waals surface area contributed by atoms with Gasteiger partial charge in [-0.2, -0.15) is 0 Å². The van der Waals surface area contributed by atoms with Gasteiger partial charge < -0.3 is 16.0 Å². The molecule has 5 nitrogen and oxygen atoms in total. The van der Waals surface area contributed by atoms with Crippen molar-refractivity contribution in [2.75, 3.05) is 18.4 Å². The Balaban J connectivity index is 1.65. The quantitative estimate of drug-likeness (QED) is 0.714. The summed E-state index contributed by atoms with van der Waals surface area (Å²) >= 11 is 7.34. The topological polar surface area (TPSA) is 66.1 Å². The van der Waals surface area contributed by atoms with Gasteiger partial charge in [0.2, 0.25) is 0 Å². The van der Waals surface area contributed by atoms with Gasteiger partial charge in [-0.3, -0.25) is 0 Å². The third-order valence-electron chi connectivity index (χ3n) is 2.75. The van der Waals surface area contributed by atoms with Gasteiger partial charge in [-0.05, 0) is 31.2 Å². The number of nitrogens with zero attached hydrogens (tertiary/aromatic N) is 1. The molecule has 2 amide bonds. The number of thiophene rings is 1. The first kappa shape index (κ1) is 15.6. The number of aromatic nitrogens is 1. The highest BCUT2D eigenvalue weighted by Gasteiger charge is 2.10. The second-order valence-corrected chi connectivity index (χ2v) is 6.15. The van der Waals surface area contributed by atoms with E-state index in [0.29, 0.717) is 13.1 Å². The highest BCUT2D eigenvalue weighted by Crippen LogP contribution is 2.26. The molecular formula is C14H17ClN4OS. The Morgan fingerprint density at radius 2 is 2.19 bits per heavy atom. The van der Waals surface area contributed by atoms with Crippen molar-refractivity contribution in [3.8, 4) is 0 Å². The van der Waals surface area contributed by atoms with Gasteiger partial charge in [-0.25, -0.2) is 9.78 Å². The SMILES string of the molecule is C[C@H](NC(=O)NCCNc1ccccn1)c1ccc(Cl)s1. The van der Waals surface area contributed by atoms with E-state index in [9.17, 15) is 4.79 Å². The molecular weight excluding hydrogens is 308 g/mol. The van der Waals surface area contributed by atoms with Crippen LogP contribution in [0.3, 0.4) is 0 Å². The molecule has 0 radical (unpaired) electrons. The van der Waals surface area contributed by atoms with Crippen LogP contribution in [0.2, 0.25) is 4.34 Å². The number of carbonyl (C=O) groups is 1. The van der Waals surface area contributed by atoms with Gasteiger partial charge in [-0.15, -0.1) is 11.3 Å². The van der Waals surface area contributed by atoms with Crippen molar-refractivity contribution in [3.63, 3.8) is 0 Å². The van der Waals surface area contributed by atoms with E-state index in [0.717, 1.165) is 15.0 Å². The van der Waals surface area contributed by atoms with Gasteiger partial charge in [0, 0.05) is 24.2 Å². The lowest BCUT2D eigenvalue weighted by molar-refractivity contribution is 0.238. The normalized spacial score (nSPS) is 11.7. The molecule has 2 aromatic heterocycles. The van der Waals surface area contributed by atoms with Gasteiger partial charge in [0.25, 0.3) is 0 Å². The van der Waals surface area contributed by atoms with Crippen LogP contribution in [0.1, 0.15) is 17.8 Å². The van der Waals surface area contributed by atoms with Crippen LogP contribution in [0, 0.1) is 0 Å². The molecule has 0 spiro atoms. The van der Waals surface area contributed by atoms with Crippen molar-refractivity contribution in [1.29, 1.82) is 0 Å². The molecule has 1 atom stereocenters. The number of urea groups is 1. The molecule has 112 valence electrons. The molecule has 0 aliphatic rings. The first-order valence-corrected chi connectivity index (χ1v) is 7.79. The minimum absolute atomic E-state index is 0.0637. The van der Waals surface area contributed by atoms with E-state index in [-0.39, 0.29) is 12.1 Å². The minimum Gasteiger partial charge on any atom is -0.368 e. The van der Waals surface area contributed by atoms with Crippen LogP contribution in [0.25, 0.3) is 0 Å². The predicted octanol–water partition coefficient (Wildman–Crippen LogP) is 3.27. The number of rotatable bonds is 6. The fourth-order valence-electron chi connectivity index (χ4n) is 1.71. The summed E-state index contributed by atoms with van der Waals surface area (Å²) in [7, 11) is 0. The van der Waals surface area contributed by atoms with Crippen LogP contribution >= 0.6 is 22.9 Å². The number of anilines is 1. The van der Waals surface area contributed by atoms with E-state index >= 15 is 0 Å². The molecule has 2 rings (SSSR count). The Morgan fingerprint density at radius 1 is 1.33 bits per heavy atom. The molecule has 0 aromatic carbocycles. The second-order valence-electron chi connectivity index (χ2n) is 4.41. The fourth-order valence-corrected chi connectivity index (χ4v) is 2.78. The standard InChI is InChI=1S/C14H17ClN4OS/c1-10(11-5-6-12(15)21-11)19-14(20)18-9-8-17-13-4-2-3-7-16-13/h2-7,10H,8-9H2,1H3,(H,16,17)(H2,18,19,20)/t10-/m0/s1. The van der Waals surface area contributed by atoms with Crippen LogP contribution in [0.15, 0.2) is 36.5 Å². The number of hydrogen-bond acceptors (Lipinski definition) is 4. The molecule has 0 saturated carbocycles. The summed E-state index contributed by atoms with van der Waals surface area (Å²) in [5, 5.41) is 8.78. The molecule has 0 bridgehead atoms. The molecule has 2 aromatic rings. The summed E-state index contributed by atoms with van der Waals surface area (Å²) in [4.78, 5) is 16.9. The summed E-state index contributed by atoms with van der Waals surface area (Å²) in [6, 6.07) is 9.12. The maximum Gasteiger partial charge on any atom is 0.315 e. The Bertz CT molecular complexity index is 575. The number of halogens is 1. The monoisotopic (exact) mass is 324 g/mol. The predicted molar refractivity (Wildman–Crippen MR) is 87.0 cm³/mol. The van der Waals surface area contributed by atoms with Gasteiger partial charge >= 0.3 is 6.03 Å². The van der Waals surface area contributed by atoms with Crippen molar-refractivity contribution < 1.29 is 4.79 Å². The fraction of sp³-hybridized carbons (Fsp3) is 0.286. The average Bonchev–Trinajstić information content (AvgIpc) is 2.91. The van der Waals surface area contributed by atoms with Gasteiger partial charge in [0.15, 0.2) is 0 Å². The second kappa shape index (κ2) is 7.85. The van der Waals surface area contributed by atoms with E-state index in [1.807, 2.05) is 37.3 Å². The molecule has 0 fully saturated rings. The smallest absolute Gasteiger partial charge is 0.315 e. The van der Waals surface area contributed by atoms with Crippen LogP contribution in [-0.2, 0) is 0 Å². The molecule has 0 aliphatic heterocycles. The zero-order valence-corrected chi connectivity index (χ0v) is 13.2. The Labute approximate surface area is 132 Å². The molecule has 3 N–H and O–H groups in total. The van der Waals surface area contributed by atoms with Gasteiger partial charge in [0.05, 0.1) is 10.4 Å². The average molecular weight is 325 g/mol. The van der Waals surface area contributed by atoms with Crippen molar-refractivity contribution in [2.45, 2.75) is 13.0 Å². The van der Waals surface area contributed by atoms with Crippen molar-refractivity contribution >= 4 is 34.8 Å². The highest BCUT2D eigenvalue weighted by atomic mass is 35.5. The van der Waals surface area contributed by atoms with Crippen LogP contribution in [-0.4, -0.2) is 24.1 Å². The van der Waals surface area contributed by atoms with Crippen molar-refractivity contribution in [3.05, 3.63) is 45.7 Å². The Kier molecular flexibility index (Phi) is 5.83. The summed E-state index contributed by atoms with van der Waals surface area (Å²) in [5.41, 5.74) is 0. The van der Waals surface area contributed by atoms with Crippen LogP contribution in [0.4, 0.5) is 10.6 Å². The zero-order valence-electron chi connectivity index (χ0n) is 11.6. The highest BCUT2D eigenvalue weighted by molar-refractivity contribution is 7.16. The third kappa shape index (κ3) is 5.24. The molecule has 21 heavy (non-hydrogen) atoms. The van der Waals surface area contributed by atoms with E-state index < -0.39 is 0 Å². The van der Waals surface area contributed by atoms with Crippen LogP contribution in [0.5, 0.6) is 0 Å². The van der Waals surface area contributed by atoms with E-state index in [1.165, 1.54) is 11.3 Å². The maximum absolute atomic E-state index is 11.8. The zero-order chi connectivity index (χ0) is 15.1. The summed E-state index contributed by atoms with van der Waals surface area (Å²) < 4.78 is 0.721.